The summed E-state index contributed by atoms with van der Waals surface area (Å²) in [4.78, 5) is 33.4. The molecule has 0 rings (SSSR count). The van der Waals surface area contributed by atoms with Gasteiger partial charge in [-0.1, -0.05) is 70.4 Å². The minimum absolute atomic E-state index is 0. The minimum atomic E-state index is -1.40. The third kappa shape index (κ3) is 18.7. The molecule has 0 aromatic rings. The molecule has 1 atom stereocenters. The van der Waals surface area contributed by atoms with Gasteiger partial charge in [0.25, 0.3) is 0 Å². The summed E-state index contributed by atoms with van der Waals surface area (Å²) in [6.45, 7) is 2.24. The van der Waals surface area contributed by atoms with Crippen LogP contribution in [0.2, 0.25) is 0 Å². The molecule has 0 spiro atoms. The van der Waals surface area contributed by atoms with Gasteiger partial charge in [0.05, 0.1) is 6.42 Å². The Morgan fingerprint density at radius 3 is 1.71 bits per heavy atom. The number of unbranched alkanes of at least 4 members (excludes halogenated alkanes) is 11. The quantitative estimate of drug-likeness (QED) is 0.149. The molecule has 0 saturated heterocycles. The molecular formula is C22H39NaO5. The Bertz CT molecular complexity index is 454. The van der Waals surface area contributed by atoms with E-state index in [4.69, 9.17) is 10.2 Å². The first kappa shape index (κ1) is 29.6. The Morgan fingerprint density at radius 1 is 0.786 bits per heavy atom. The van der Waals surface area contributed by atoms with Crippen molar-refractivity contribution >= 4 is 17.7 Å². The fraction of sp³-hybridized carbons (Fsp3) is 0.773. The van der Waals surface area contributed by atoms with Gasteiger partial charge >= 0.3 is 41.5 Å². The number of carboxylic acid groups (broad SMARTS) is 2. The maximum Gasteiger partial charge on any atom is 1.00 e. The van der Waals surface area contributed by atoms with Crippen LogP contribution in [0.5, 0.6) is 0 Å². The van der Waals surface area contributed by atoms with Crippen molar-refractivity contribution in [2.45, 2.75) is 103 Å². The van der Waals surface area contributed by atoms with Gasteiger partial charge in [-0.05, 0) is 32.1 Å². The number of ketones is 1. The van der Waals surface area contributed by atoms with Crippen molar-refractivity contribution in [3.63, 3.8) is 0 Å². The van der Waals surface area contributed by atoms with E-state index < -0.39 is 30.1 Å². The molecule has 5 nitrogen and oxygen atoms in total. The first-order chi connectivity index (χ1) is 13.0. The second-order valence-electron chi connectivity index (χ2n) is 7.29. The number of carbonyl (C=O) groups is 3. The molecule has 0 fully saturated rings. The van der Waals surface area contributed by atoms with E-state index in [1.807, 2.05) is 0 Å². The van der Waals surface area contributed by atoms with Crippen LogP contribution in [0, 0.1) is 5.92 Å². The maximum absolute atomic E-state index is 11.8. The summed E-state index contributed by atoms with van der Waals surface area (Å²) < 4.78 is 0. The van der Waals surface area contributed by atoms with E-state index in [0.29, 0.717) is 6.42 Å². The summed E-state index contributed by atoms with van der Waals surface area (Å²) in [6.07, 6.45) is 19.1. The molecule has 0 aliphatic carbocycles. The Kier molecular flexibility index (Phi) is 22.2. The van der Waals surface area contributed by atoms with Crippen LogP contribution in [0.25, 0.3) is 0 Å². The third-order valence-electron chi connectivity index (χ3n) is 4.75. The van der Waals surface area contributed by atoms with Gasteiger partial charge in [0.15, 0.2) is 0 Å². The summed E-state index contributed by atoms with van der Waals surface area (Å²) in [5.74, 6) is -4.46. The molecule has 1 unspecified atom stereocenters. The second-order valence-corrected chi connectivity index (χ2v) is 7.29. The van der Waals surface area contributed by atoms with Crippen LogP contribution in [0.3, 0.4) is 0 Å². The molecule has 0 aromatic carbocycles. The number of carbonyl (C=O) groups excluding carboxylic acids is 1. The first-order valence-corrected chi connectivity index (χ1v) is 10.6. The number of hydrogen-bond donors (Lipinski definition) is 2. The van der Waals surface area contributed by atoms with Crippen molar-refractivity contribution in [1.29, 1.82) is 0 Å². The van der Waals surface area contributed by atoms with E-state index in [9.17, 15) is 14.4 Å². The van der Waals surface area contributed by atoms with Crippen LogP contribution in [0.1, 0.15) is 105 Å². The minimum Gasteiger partial charge on any atom is -1.00 e. The van der Waals surface area contributed by atoms with E-state index >= 15 is 0 Å². The predicted octanol–water partition coefficient (Wildman–Crippen LogP) is 2.88. The van der Waals surface area contributed by atoms with Crippen LogP contribution in [0.15, 0.2) is 12.2 Å². The zero-order valence-electron chi connectivity index (χ0n) is 19.0. The second kappa shape index (κ2) is 21.1. The molecule has 0 amide bonds. The molecule has 0 aliphatic heterocycles. The molecule has 0 aliphatic rings. The molecule has 2 N–H and O–H groups in total. The molecule has 158 valence electrons. The molecule has 28 heavy (non-hydrogen) atoms. The van der Waals surface area contributed by atoms with Gasteiger partial charge < -0.3 is 11.6 Å². The molecular weight excluding hydrogens is 367 g/mol. The number of Topliss-reactive ketones (excluding diaryl/α,β-unsaturated/α-hetero) is 1. The first-order valence-electron chi connectivity index (χ1n) is 10.6. The van der Waals surface area contributed by atoms with E-state index in [1.54, 1.807) is 0 Å². The number of hydrogen-bond acceptors (Lipinski definition) is 3. The predicted molar refractivity (Wildman–Crippen MR) is 109 cm³/mol. The number of rotatable bonds is 19. The standard InChI is InChI=1S/C22H38O5.Na.H/c1-2-3-4-5-6-7-8-9-10-11-12-13-14-15-16-17-20(23)19(22(26)27)18-21(24)25;;/h9-10,19H,2-8,11-18H2,1H3,(H,24,25)(H,26,27);;/q;+1;-1/b10-9-;;. The van der Waals surface area contributed by atoms with Crippen molar-refractivity contribution in [1.82, 2.24) is 0 Å². The monoisotopic (exact) mass is 406 g/mol. The fourth-order valence-electron chi connectivity index (χ4n) is 3.06. The number of aliphatic carboxylic acids is 2. The smallest absolute Gasteiger partial charge is 1.00 e. The van der Waals surface area contributed by atoms with Gasteiger partial charge in [0.2, 0.25) is 0 Å². The SMILES string of the molecule is CCCCCCCC/C=C\CCCCCCCC(=O)C(CC(=O)O)C(=O)O.[H-].[Na+]. The van der Waals surface area contributed by atoms with Gasteiger partial charge in [0.1, 0.15) is 11.7 Å². The van der Waals surface area contributed by atoms with Crippen molar-refractivity contribution in [2.75, 3.05) is 0 Å². The maximum atomic E-state index is 11.8. The Hall–Kier alpha value is -0.650. The molecule has 0 bridgehead atoms. The van der Waals surface area contributed by atoms with E-state index in [0.717, 1.165) is 32.1 Å². The van der Waals surface area contributed by atoms with Gasteiger partial charge in [-0.15, -0.1) is 0 Å². The van der Waals surface area contributed by atoms with Crippen LogP contribution in [-0.4, -0.2) is 27.9 Å². The van der Waals surface area contributed by atoms with Gasteiger partial charge in [0, 0.05) is 6.42 Å². The zero-order valence-corrected chi connectivity index (χ0v) is 20.0. The summed E-state index contributed by atoms with van der Waals surface area (Å²) in [5, 5.41) is 17.6. The fourth-order valence-corrected chi connectivity index (χ4v) is 3.06. The van der Waals surface area contributed by atoms with Crippen molar-refractivity contribution < 1.29 is 55.6 Å². The normalized spacial score (nSPS) is 11.9. The van der Waals surface area contributed by atoms with Crippen LogP contribution < -0.4 is 29.6 Å². The Labute approximate surface area is 194 Å². The average Bonchev–Trinajstić information content (AvgIpc) is 2.62. The van der Waals surface area contributed by atoms with E-state index in [-0.39, 0.29) is 37.4 Å². The van der Waals surface area contributed by atoms with Gasteiger partial charge in [-0.2, -0.15) is 0 Å². The van der Waals surface area contributed by atoms with Crippen molar-refractivity contribution in [2.24, 2.45) is 5.92 Å². The zero-order chi connectivity index (χ0) is 20.3. The van der Waals surface area contributed by atoms with E-state index in [1.165, 1.54) is 44.9 Å². The number of carboxylic acids is 2. The van der Waals surface area contributed by atoms with Crippen molar-refractivity contribution in [3.05, 3.63) is 12.2 Å². The largest absolute Gasteiger partial charge is 1.00 e. The molecule has 0 radical (unpaired) electrons. The molecule has 0 saturated carbocycles. The van der Waals surface area contributed by atoms with Crippen LogP contribution in [0.4, 0.5) is 0 Å². The van der Waals surface area contributed by atoms with E-state index in [2.05, 4.69) is 19.1 Å². The van der Waals surface area contributed by atoms with Crippen LogP contribution in [-0.2, 0) is 14.4 Å². The molecule has 6 heteroatoms. The molecule has 0 heterocycles. The Balaban J connectivity index is -0.00000338. The topological polar surface area (TPSA) is 91.7 Å². The van der Waals surface area contributed by atoms with Gasteiger partial charge in [-0.3, -0.25) is 14.4 Å². The van der Waals surface area contributed by atoms with Gasteiger partial charge in [-0.25, -0.2) is 0 Å². The third-order valence-corrected chi connectivity index (χ3v) is 4.75. The number of allylic oxidation sites excluding steroid dienone is 2. The summed E-state index contributed by atoms with van der Waals surface area (Å²) >= 11 is 0. The summed E-state index contributed by atoms with van der Waals surface area (Å²) in [5.41, 5.74) is 0. The van der Waals surface area contributed by atoms with Crippen LogP contribution >= 0.6 is 0 Å². The van der Waals surface area contributed by atoms with Crippen molar-refractivity contribution in [3.8, 4) is 0 Å². The molecule has 0 aromatic heterocycles. The average molecular weight is 407 g/mol. The summed E-state index contributed by atoms with van der Waals surface area (Å²) in [6, 6.07) is 0. The Morgan fingerprint density at radius 2 is 1.25 bits per heavy atom. The summed E-state index contributed by atoms with van der Waals surface area (Å²) in [7, 11) is 0.